The van der Waals surface area contributed by atoms with Gasteiger partial charge in [-0.05, 0) is 24.0 Å². The van der Waals surface area contributed by atoms with Gasteiger partial charge in [-0.2, -0.15) is 0 Å². The van der Waals surface area contributed by atoms with Gasteiger partial charge < -0.3 is 4.84 Å². The summed E-state index contributed by atoms with van der Waals surface area (Å²) in [7, 11) is 0. The molecule has 4 rings (SSSR count). The molecule has 104 valence electrons. The van der Waals surface area contributed by atoms with Crippen molar-refractivity contribution in [3.8, 4) is 0 Å². The highest BCUT2D eigenvalue weighted by Gasteiger charge is 2.37. The van der Waals surface area contributed by atoms with Crippen LogP contribution in [0.3, 0.4) is 0 Å². The van der Waals surface area contributed by atoms with Crippen LogP contribution >= 0.6 is 0 Å². The number of hydrogen-bond acceptors (Lipinski definition) is 4. The highest BCUT2D eigenvalue weighted by atomic mass is 16.6. The van der Waals surface area contributed by atoms with E-state index in [9.17, 15) is 4.79 Å². The van der Waals surface area contributed by atoms with Crippen molar-refractivity contribution in [1.29, 1.82) is 0 Å². The maximum Gasteiger partial charge on any atom is 0.278 e. The molecule has 0 aromatic heterocycles. The van der Waals surface area contributed by atoms with Gasteiger partial charge in [0.05, 0.1) is 5.71 Å². The van der Waals surface area contributed by atoms with Crippen molar-refractivity contribution < 1.29 is 9.63 Å². The minimum atomic E-state index is -0.450. The second kappa shape index (κ2) is 4.59. The van der Waals surface area contributed by atoms with Gasteiger partial charge in [-0.1, -0.05) is 29.4 Å². The summed E-state index contributed by atoms with van der Waals surface area (Å²) >= 11 is 0. The summed E-state index contributed by atoms with van der Waals surface area (Å²) in [6.07, 6.45) is 2.59. The molecular formula is C15H17N3O2. The number of nitrogens with zero attached hydrogens (tertiary/aromatic N) is 2. The smallest absolute Gasteiger partial charge is 0.278 e. The summed E-state index contributed by atoms with van der Waals surface area (Å²) in [4.78, 5) is 17.5. The lowest BCUT2D eigenvalue weighted by molar-refractivity contribution is -0.136. The van der Waals surface area contributed by atoms with Crippen LogP contribution in [0.5, 0.6) is 0 Å². The number of nitrogens with one attached hydrogen (secondary N) is 1. The average Bonchev–Trinajstić information content (AvgIpc) is 3.03. The molecule has 0 radical (unpaired) electrons. The average molecular weight is 271 g/mol. The van der Waals surface area contributed by atoms with E-state index in [0.29, 0.717) is 12.3 Å². The van der Waals surface area contributed by atoms with Crippen LogP contribution in [0.4, 0.5) is 0 Å². The third-order valence-corrected chi connectivity index (χ3v) is 4.14. The fourth-order valence-electron chi connectivity index (χ4n) is 2.83. The molecule has 20 heavy (non-hydrogen) atoms. The topological polar surface area (TPSA) is 53.9 Å². The number of oxime groups is 1. The number of rotatable bonds is 3. The molecule has 0 saturated heterocycles. The molecular weight excluding hydrogens is 254 g/mol. The van der Waals surface area contributed by atoms with Crippen molar-refractivity contribution in [3.63, 3.8) is 0 Å². The monoisotopic (exact) mass is 271 g/mol. The van der Waals surface area contributed by atoms with Crippen LogP contribution in [0, 0.1) is 5.92 Å². The third kappa shape index (κ3) is 2.18. The molecule has 1 N–H and O–H groups in total. The minimum absolute atomic E-state index is 0.0859. The van der Waals surface area contributed by atoms with Gasteiger partial charge in [0.25, 0.3) is 5.91 Å². The molecule has 1 unspecified atom stereocenters. The van der Waals surface area contributed by atoms with E-state index >= 15 is 0 Å². The number of carbonyl (C=O) groups is 1. The van der Waals surface area contributed by atoms with Crippen LogP contribution in [0.25, 0.3) is 0 Å². The van der Waals surface area contributed by atoms with Crippen molar-refractivity contribution in [2.24, 2.45) is 11.1 Å². The van der Waals surface area contributed by atoms with E-state index in [1.165, 1.54) is 24.0 Å². The lowest BCUT2D eigenvalue weighted by Crippen LogP contribution is -2.44. The number of hydrogen-bond donors (Lipinski definition) is 1. The lowest BCUT2D eigenvalue weighted by atomic mass is 10.1. The molecule has 2 aliphatic heterocycles. The fraction of sp³-hybridized carbons (Fsp3) is 0.467. The van der Waals surface area contributed by atoms with Gasteiger partial charge >= 0.3 is 0 Å². The van der Waals surface area contributed by atoms with E-state index in [0.717, 1.165) is 18.8 Å². The fourth-order valence-corrected chi connectivity index (χ4v) is 2.83. The van der Waals surface area contributed by atoms with Gasteiger partial charge in [-0.25, -0.2) is 5.01 Å². The molecule has 1 aliphatic carbocycles. The highest BCUT2D eigenvalue weighted by molar-refractivity contribution is 5.95. The molecule has 0 spiro atoms. The van der Waals surface area contributed by atoms with Crippen LogP contribution in [-0.4, -0.2) is 22.7 Å². The van der Waals surface area contributed by atoms with E-state index in [1.54, 1.807) is 0 Å². The molecule has 1 atom stereocenters. The van der Waals surface area contributed by atoms with Crippen LogP contribution < -0.4 is 5.43 Å². The Morgan fingerprint density at radius 2 is 1.95 bits per heavy atom. The predicted molar refractivity (Wildman–Crippen MR) is 73.5 cm³/mol. The SMILES string of the molecule is O=C(NN1Cc2ccccc2C1)C1CC(C2CC2)=NO1. The second-order valence-electron chi connectivity index (χ2n) is 5.76. The van der Waals surface area contributed by atoms with E-state index < -0.39 is 6.10 Å². The molecule has 1 saturated carbocycles. The van der Waals surface area contributed by atoms with Crippen molar-refractivity contribution >= 4 is 11.6 Å². The van der Waals surface area contributed by atoms with Crippen LogP contribution in [-0.2, 0) is 22.7 Å². The summed E-state index contributed by atoms with van der Waals surface area (Å²) in [6, 6.07) is 8.25. The van der Waals surface area contributed by atoms with Crippen molar-refractivity contribution in [2.45, 2.75) is 38.5 Å². The van der Waals surface area contributed by atoms with Gasteiger partial charge in [0, 0.05) is 25.4 Å². The van der Waals surface area contributed by atoms with E-state index in [4.69, 9.17) is 4.84 Å². The number of hydrazine groups is 1. The van der Waals surface area contributed by atoms with Crippen molar-refractivity contribution in [2.75, 3.05) is 0 Å². The zero-order chi connectivity index (χ0) is 13.5. The Hall–Kier alpha value is -1.88. The van der Waals surface area contributed by atoms with E-state index in [1.807, 2.05) is 17.1 Å². The van der Waals surface area contributed by atoms with Gasteiger partial charge in [0.15, 0.2) is 0 Å². The molecule has 1 aromatic carbocycles. The molecule has 1 aromatic rings. The first kappa shape index (κ1) is 11.9. The second-order valence-corrected chi connectivity index (χ2v) is 5.76. The first-order valence-electron chi connectivity index (χ1n) is 7.14. The molecule has 5 nitrogen and oxygen atoms in total. The van der Waals surface area contributed by atoms with Crippen molar-refractivity contribution in [3.05, 3.63) is 35.4 Å². The quantitative estimate of drug-likeness (QED) is 0.908. The number of carbonyl (C=O) groups excluding carboxylic acids is 1. The van der Waals surface area contributed by atoms with Gasteiger partial charge in [0.2, 0.25) is 6.10 Å². The molecule has 2 heterocycles. The minimum Gasteiger partial charge on any atom is -0.382 e. The van der Waals surface area contributed by atoms with E-state index in [2.05, 4.69) is 22.7 Å². The molecule has 3 aliphatic rings. The first-order chi connectivity index (χ1) is 9.79. The third-order valence-electron chi connectivity index (χ3n) is 4.14. The highest BCUT2D eigenvalue weighted by Crippen LogP contribution is 2.34. The Kier molecular flexibility index (Phi) is 2.73. The maximum atomic E-state index is 12.2. The zero-order valence-electron chi connectivity index (χ0n) is 11.2. The number of amides is 1. The predicted octanol–water partition coefficient (Wildman–Crippen LogP) is 1.59. The first-order valence-corrected chi connectivity index (χ1v) is 7.14. The van der Waals surface area contributed by atoms with Gasteiger partial charge in [0.1, 0.15) is 0 Å². The van der Waals surface area contributed by atoms with Crippen LogP contribution in [0.1, 0.15) is 30.4 Å². The summed E-state index contributed by atoms with van der Waals surface area (Å²) in [5, 5.41) is 5.99. The summed E-state index contributed by atoms with van der Waals surface area (Å²) < 4.78 is 0. The van der Waals surface area contributed by atoms with Gasteiger partial charge in [-0.15, -0.1) is 0 Å². The summed E-state index contributed by atoms with van der Waals surface area (Å²) in [5.74, 6) is 0.487. The zero-order valence-corrected chi connectivity index (χ0v) is 11.2. The van der Waals surface area contributed by atoms with Crippen LogP contribution in [0.2, 0.25) is 0 Å². The normalized spacial score (nSPS) is 25.0. The lowest BCUT2D eigenvalue weighted by Gasteiger charge is -2.18. The number of fused-ring (bicyclic) bond motifs is 1. The van der Waals surface area contributed by atoms with E-state index in [-0.39, 0.29) is 5.91 Å². The molecule has 5 heteroatoms. The molecule has 0 bridgehead atoms. The largest absolute Gasteiger partial charge is 0.382 e. The summed E-state index contributed by atoms with van der Waals surface area (Å²) in [5.41, 5.74) is 6.55. The Balaban J connectivity index is 1.33. The Bertz CT molecular complexity index is 555. The Morgan fingerprint density at radius 3 is 2.60 bits per heavy atom. The van der Waals surface area contributed by atoms with Crippen LogP contribution in [0.15, 0.2) is 29.4 Å². The summed E-state index contributed by atoms with van der Waals surface area (Å²) in [6.45, 7) is 1.51. The van der Waals surface area contributed by atoms with Gasteiger partial charge in [-0.3, -0.25) is 10.2 Å². The number of benzene rings is 1. The standard InChI is InChI=1S/C15H17N3O2/c19-15(14-7-13(17-20-14)10-5-6-10)16-18-8-11-3-1-2-4-12(11)9-18/h1-4,10,14H,5-9H2,(H,16,19). The Labute approximate surface area is 117 Å². The molecule has 1 fully saturated rings. The maximum absolute atomic E-state index is 12.2. The molecule has 1 amide bonds. The Morgan fingerprint density at radius 1 is 1.25 bits per heavy atom. The van der Waals surface area contributed by atoms with Crippen molar-refractivity contribution in [1.82, 2.24) is 10.4 Å².